The van der Waals surface area contributed by atoms with Crippen molar-refractivity contribution < 1.29 is 14.3 Å². The molecule has 6 nitrogen and oxygen atoms in total. The second kappa shape index (κ2) is 7.70. The molecule has 0 radical (unpaired) electrons. The number of urea groups is 1. The van der Waals surface area contributed by atoms with Crippen LogP contribution >= 0.6 is 0 Å². The Morgan fingerprint density at radius 1 is 1.21 bits per heavy atom. The van der Waals surface area contributed by atoms with E-state index in [9.17, 15) is 9.90 Å². The van der Waals surface area contributed by atoms with Crippen LogP contribution in [0.4, 0.5) is 10.5 Å². The Balaban J connectivity index is 1.45. The topological polar surface area (TPSA) is 77.7 Å². The Bertz CT molecular complexity index is 689. The second-order valence-corrected chi connectivity index (χ2v) is 5.64. The minimum absolute atomic E-state index is 0.0961. The molecule has 2 heterocycles. The fourth-order valence-electron chi connectivity index (χ4n) is 2.57. The molecule has 3 rings (SSSR count). The van der Waals surface area contributed by atoms with Crippen LogP contribution < -0.4 is 15.5 Å². The maximum atomic E-state index is 11.8. The molecule has 0 saturated heterocycles. The normalized spacial score (nSPS) is 14.6. The van der Waals surface area contributed by atoms with E-state index in [-0.39, 0.29) is 12.6 Å². The van der Waals surface area contributed by atoms with E-state index in [4.69, 9.17) is 4.42 Å². The molecule has 126 valence electrons. The molecule has 6 heteroatoms. The number of carbonyl (C=O) groups is 1. The SMILES string of the molecule is O=C(NCc1cccc(N2CC=CC2)c1)NCC(O)c1ccco1. The first-order valence-corrected chi connectivity index (χ1v) is 7.94. The first-order chi connectivity index (χ1) is 11.7. The molecule has 3 N–H and O–H groups in total. The van der Waals surface area contributed by atoms with Gasteiger partial charge in [-0.1, -0.05) is 24.3 Å². The maximum Gasteiger partial charge on any atom is 0.315 e. The highest BCUT2D eigenvalue weighted by Gasteiger charge is 2.12. The number of benzene rings is 1. The van der Waals surface area contributed by atoms with Gasteiger partial charge in [-0.05, 0) is 29.8 Å². The number of nitrogens with zero attached hydrogens (tertiary/aromatic N) is 1. The smallest absolute Gasteiger partial charge is 0.315 e. The van der Waals surface area contributed by atoms with Crippen LogP contribution in [-0.4, -0.2) is 30.8 Å². The van der Waals surface area contributed by atoms with Crippen molar-refractivity contribution in [2.45, 2.75) is 12.6 Å². The predicted octanol–water partition coefficient (Wildman–Crippen LogP) is 2.19. The van der Waals surface area contributed by atoms with Crippen LogP contribution in [0.15, 0.2) is 59.2 Å². The molecule has 0 spiro atoms. The van der Waals surface area contributed by atoms with Crippen LogP contribution in [0.2, 0.25) is 0 Å². The van der Waals surface area contributed by atoms with Crippen molar-refractivity contribution in [1.29, 1.82) is 0 Å². The van der Waals surface area contributed by atoms with E-state index in [2.05, 4.69) is 39.8 Å². The van der Waals surface area contributed by atoms with Crippen molar-refractivity contribution in [2.75, 3.05) is 24.5 Å². The Morgan fingerprint density at radius 2 is 2.04 bits per heavy atom. The van der Waals surface area contributed by atoms with Crippen molar-refractivity contribution in [3.8, 4) is 0 Å². The summed E-state index contributed by atoms with van der Waals surface area (Å²) in [5, 5.41) is 15.3. The number of furan rings is 1. The van der Waals surface area contributed by atoms with E-state index >= 15 is 0 Å². The number of rotatable bonds is 6. The van der Waals surface area contributed by atoms with Crippen molar-refractivity contribution in [3.63, 3.8) is 0 Å². The summed E-state index contributed by atoms with van der Waals surface area (Å²) in [5.41, 5.74) is 2.18. The summed E-state index contributed by atoms with van der Waals surface area (Å²) in [6.07, 6.45) is 4.92. The predicted molar refractivity (Wildman–Crippen MR) is 91.7 cm³/mol. The van der Waals surface area contributed by atoms with Gasteiger partial charge in [0.1, 0.15) is 11.9 Å². The van der Waals surface area contributed by atoms with Crippen molar-refractivity contribution in [3.05, 3.63) is 66.1 Å². The highest BCUT2D eigenvalue weighted by atomic mass is 16.4. The molecule has 1 unspecified atom stereocenters. The monoisotopic (exact) mass is 327 g/mol. The van der Waals surface area contributed by atoms with Gasteiger partial charge in [0.2, 0.25) is 0 Å². The van der Waals surface area contributed by atoms with E-state index in [1.54, 1.807) is 12.1 Å². The first kappa shape index (κ1) is 16.1. The summed E-state index contributed by atoms with van der Waals surface area (Å²) in [6.45, 7) is 2.36. The third-order valence-electron chi connectivity index (χ3n) is 3.87. The molecule has 0 aliphatic carbocycles. The molecular weight excluding hydrogens is 306 g/mol. The highest BCUT2D eigenvalue weighted by molar-refractivity contribution is 5.73. The average Bonchev–Trinajstić information content (AvgIpc) is 3.31. The van der Waals surface area contributed by atoms with Gasteiger partial charge in [-0.15, -0.1) is 0 Å². The third-order valence-corrected chi connectivity index (χ3v) is 3.87. The van der Waals surface area contributed by atoms with E-state index in [1.165, 1.54) is 6.26 Å². The minimum atomic E-state index is -0.850. The molecule has 2 amide bonds. The Kier molecular flexibility index (Phi) is 5.18. The lowest BCUT2D eigenvalue weighted by Gasteiger charge is -2.18. The third kappa shape index (κ3) is 4.17. The number of nitrogens with one attached hydrogen (secondary N) is 2. The van der Waals surface area contributed by atoms with Crippen molar-refractivity contribution in [2.24, 2.45) is 0 Å². The zero-order valence-corrected chi connectivity index (χ0v) is 13.3. The Morgan fingerprint density at radius 3 is 2.79 bits per heavy atom. The lowest BCUT2D eigenvalue weighted by atomic mass is 10.2. The molecule has 0 bridgehead atoms. The fraction of sp³-hybridized carbons (Fsp3) is 0.278. The molecule has 0 fully saturated rings. The summed E-state index contributed by atoms with van der Waals surface area (Å²) in [4.78, 5) is 14.1. The summed E-state index contributed by atoms with van der Waals surface area (Å²) in [7, 11) is 0. The lowest BCUT2D eigenvalue weighted by molar-refractivity contribution is 0.148. The van der Waals surface area contributed by atoms with Gasteiger partial charge < -0.3 is 25.1 Å². The fourth-order valence-corrected chi connectivity index (χ4v) is 2.57. The Hall–Kier alpha value is -2.73. The van der Waals surface area contributed by atoms with Crippen LogP contribution in [0.1, 0.15) is 17.4 Å². The van der Waals surface area contributed by atoms with Gasteiger partial charge >= 0.3 is 6.03 Å². The number of hydrogen-bond donors (Lipinski definition) is 3. The lowest BCUT2D eigenvalue weighted by Crippen LogP contribution is -2.37. The van der Waals surface area contributed by atoms with E-state index in [0.717, 1.165) is 24.3 Å². The van der Waals surface area contributed by atoms with Crippen molar-refractivity contribution in [1.82, 2.24) is 10.6 Å². The number of hydrogen-bond acceptors (Lipinski definition) is 4. The quantitative estimate of drug-likeness (QED) is 0.711. The molecule has 0 saturated carbocycles. The molecule has 1 aromatic carbocycles. The Labute approximate surface area is 140 Å². The number of aliphatic hydroxyl groups excluding tert-OH is 1. The van der Waals surface area contributed by atoms with Crippen LogP contribution in [0.25, 0.3) is 0 Å². The van der Waals surface area contributed by atoms with Crippen LogP contribution in [0, 0.1) is 0 Å². The van der Waals surface area contributed by atoms with Gasteiger partial charge in [0, 0.05) is 25.3 Å². The maximum absolute atomic E-state index is 11.8. The highest BCUT2D eigenvalue weighted by Crippen LogP contribution is 2.18. The van der Waals surface area contributed by atoms with Gasteiger partial charge in [-0.25, -0.2) is 4.79 Å². The van der Waals surface area contributed by atoms with Crippen LogP contribution in [0.5, 0.6) is 0 Å². The van der Waals surface area contributed by atoms with Crippen molar-refractivity contribution >= 4 is 11.7 Å². The summed E-state index contributed by atoms with van der Waals surface area (Å²) in [5.74, 6) is 0.433. The standard InChI is InChI=1S/C18H21N3O3/c22-16(17-7-4-10-24-17)13-20-18(23)19-12-14-5-3-6-15(11-14)21-8-1-2-9-21/h1-7,10-11,16,22H,8-9,12-13H2,(H2,19,20,23). The minimum Gasteiger partial charge on any atom is -0.467 e. The van der Waals surface area contributed by atoms with Gasteiger partial charge in [0.05, 0.1) is 12.8 Å². The zero-order chi connectivity index (χ0) is 16.8. The van der Waals surface area contributed by atoms with Gasteiger partial charge in [-0.3, -0.25) is 0 Å². The second-order valence-electron chi connectivity index (χ2n) is 5.64. The average molecular weight is 327 g/mol. The largest absolute Gasteiger partial charge is 0.467 e. The van der Waals surface area contributed by atoms with Crippen LogP contribution in [0.3, 0.4) is 0 Å². The number of anilines is 1. The van der Waals surface area contributed by atoms with Gasteiger partial charge in [-0.2, -0.15) is 0 Å². The molecule has 1 atom stereocenters. The zero-order valence-electron chi connectivity index (χ0n) is 13.3. The molecular formula is C18H21N3O3. The molecule has 1 aliphatic heterocycles. The number of carbonyl (C=O) groups excluding carboxylic acids is 1. The van der Waals surface area contributed by atoms with E-state index in [0.29, 0.717) is 12.3 Å². The summed E-state index contributed by atoms with van der Waals surface area (Å²) >= 11 is 0. The molecule has 2 aromatic rings. The molecule has 24 heavy (non-hydrogen) atoms. The van der Waals surface area contributed by atoms with E-state index in [1.807, 2.05) is 12.1 Å². The van der Waals surface area contributed by atoms with Gasteiger partial charge in [0.15, 0.2) is 0 Å². The van der Waals surface area contributed by atoms with Crippen LogP contribution in [-0.2, 0) is 6.54 Å². The first-order valence-electron chi connectivity index (χ1n) is 7.94. The summed E-state index contributed by atoms with van der Waals surface area (Å²) < 4.78 is 5.09. The van der Waals surface area contributed by atoms with E-state index < -0.39 is 6.10 Å². The number of aliphatic hydroxyl groups is 1. The molecule has 1 aliphatic rings. The number of amides is 2. The summed E-state index contributed by atoms with van der Waals surface area (Å²) in [6, 6.07) is 11.1. The van der Waals surface area contributed by atoms with Gasteiger partial charge in [0.25, 0.3) is 0 Å². The molecule has 1 aromatic heterocycles.